The van der Waals surface area contributed by atoms with E-state index >= 15 is 0 Å². The molecule has 1 saturated heterocycles. The number of nitrogens with two attached hydrogens (primary N) is 1. The first kappa shape index (κ1) is 11.4. The molecule has 0 aliphatic carbocycles. The topological polar surface area (TPSA) is 64.3 Å². The number of rotatable bonds is 2. The first-order valence-electron chi connectivity index (χ1n) is 6.14. The third kappa shape index (κ3) is 1.91. The summed E-state index contributed by atoms with van der Waals surface area (Å²) in [6, 6.07) is 8.23. The minimum absolute atomic E-state index is 0.192. The van der Waals surface area contributed by atoms with Crippen LogP contribution < -0.4 is 10.6 Å². The molecule has 1 aromatic heterocycles. The second kappa shape index (κ2) is 4.88. The third-order valence-corrected chi connectivity index (χ3v) is 3.29. The summed E-state index contributed by atoms with van der Waals surface area (Å²) in [5, 5.41) is 1.07. The van der Waals surface area contributed by atoms with Crippen molar-refractivity contribution in [1.82, 2.24) is 9.97 Å². The molecular weight excluding hydrogens is 228 g/mol. The predicted molar refractivity (Wildman–Crippen MR) is 70.5 cm³/mol. The van der Waals surface area contributed by atoms with Crippen LogP contribution in [0.1, 0.15) is 0 Å². The second-order valence-electron chi connectivity index (χ2n) is 4.37. The summed E-state index contributed by atoms with van der Waals surface area (Å²) in [6.07, 6.45) is 1.61. The standard InChI is InChI=1S/C13H16N4O/c14-7-10-8-18-6-5-17(10)13-11-3-1-2-4-12(11)15-9-16-13/h1-4,9-10H,5-8,14H2. The fourth-order valence-electron chi connectivity index (χ4n) is 2.35. The van der Waals surface area contributed by atoms with E-state index in [1.54, 1.807) is 6.33 Å². The van der Waals surface area contributed by atoms with E-state index in [2.05, 4.69) is 14.9 Å². The number of nitrogens with zero attached hydrogens (tertiary/aromatic N) is 3. The summed E-state index contributed by atoms with van der Waals surface area (Å²) in [5.74, 6) is 0.958. The number of hydrogen-bond donors (Lipinski definition) is 1. The van der Waals surface area contributed by atoms with Crippen LogP contribution in [-0.2, 0) is 4.74 Å². The lowest BCUT2D eigenvalue weighted by atomic mass is 10.1. The summed E-state index contributed by atoms with van der Waals surface area (Å²) >= 11 is 0. The highest BCUT2D eigenvalue weighted by Gasteiger charge is 2.24. The van der Waals surface area contributed by atoms with Crippen LogP contribution in [0, 0.1) is 0 Å². The highest BCUT2D eigenvalue weighted by molar-refractivity contribution is 5.89. The second-order valence-corrected chi connectivity index (χ2v) is 4.37. The van der Waals surface area contributed by atoms with Crippen molar-refractivity contribution in [2.75, 3.05) is 31.2 Å². The Morgan fingerprint density at radius 3 is 3.11 bits per heavy atom. The van der Waals surface area contributed by atoms with E-state index in [4.69, 9.17) is 10.5 Å². The minimum Gasteiger partial charge on any atom is -0.377 e. The molecule has 0 amide bonds. The van der Waals surface area contributed by atoms with Gasteiger partial charge in [-0.25, -0.2) is 9.97 Å². The Bertz CT molecular complexity index is 540. The zero-order chi connectivity index (χ0) is 12.4. The molecule has 2 aromatic rings. The molecule has 0 bridgehead atoms. The Kier molecular flexibility index (Phi) is 3.08. The maximum absolute atomic E-state index is 5.81. The van der Waals surface area contributed by atoms with Gasteiger partial charge in [0, 0.05) is 18.5 Å². The summed E-state index contributed by atoms with van der Waals surface area (Å²) < 4.78 is 5.47. The summed E-state index contributed by atoms with van der Waals surface area (Å²) in [6.45, 7) is 2.77. The normalized spacial score (nSPS) is 20.3. The molecule has 5 heteroatoms. The molecular formula is C13H16N4O. The maximum atomic E-state index is 5.81. The summed E-state index contributed by atoms with van der Waals surface area (Å²) in [5.41, 5.74) is 6.77. The van der Waals surface area contributed by atoms with Gasteiger partial charge < -0.3 is 15.4 Å². The smallest absolute Gasteiger partial charge is 0.140 e. The first-order valence-corrected chi connectivity index (χ1v) is 6.14. The van der Waals surface area contributed by atoms with Crippen LogP contribution in [0.4, 0.5) is 5.82 Å². The number of ether oxygens (including phenoxy) is 1. The highest BCUT2D eigenvalue weighted by atomic mass is 16.5. The molecule has 1 aromatic carbocycles. The predicted octanol–water partition coefficient (Wildman–Crippen LogP) is 0.794. The van der Waals surface area contributed by atoms with Gasteiger partial charge in [-0.3, -0.25) is 0 Å². The summed E-state index contributed by atoms with van der Waals surface area (Å²) in [4.78, 5) is 10.9. The van der Waals surface area contributed by atoms with Gasteiger partial charge in [0.1, 0.15) is 12.1 Å². The Morgan fingerprint density at radius 2 is 2.22 bits per heavy atom. The van der Waals surface area contributed by atoms with Gasteiger partial charge in [-0.05, 0) is 12.1 Å². The minimum atomic E-state index is 0.192. The fraction of sp³-hybridized carbons (Fsp3) is 0.385. The van der Waals surface area contributed by atoms with Crippen molar-refractivity contribution in [1.29, 1.82) is 0 Å². The molecule has 1 fully saturated rings. The molecule has 3 rings (SSSR count). The van der Waals surface area contributed by atoms with Crippen molar-refractivity contribution in [3.05, 3.63) is 30.6 Å². The molecule has 5 nitrogen and oxygen atoms in total. The third-order valence-electron chi connectivity index (χ3n) is 3.29. The van der Waals surface area contributed by atoms with Gasteiger partial charge in [-0.15, -0.1) is 0 Å². The molecule has 1 aliphatic heterocycles. The molecule has 1 atom stereocenters. The van der Waals surface area contributed by atoms with E-state index in [1.807, 2.05) is 24.3 Å². The van der Waals surface area contributed by atoms with Gasteiger partial charge >= 0.3 is 0 Å². The van der Waals surface area contributed by atoms with Crippen LogP contribution in [-0.4, -0.2) is 42.3 Å². The zero-order valence-electron chi connectivity index (χ0n) is 10.1. The molecule has 0 radical (unpaired) electrons. The van der Waals surface area contributed by atoms with E-state index in [9.17, 15) is 0 Å². The Balaban J connectivity index is 2.07. The van der Waals surface area contributed by atoms with Crippen molar-refractivity contribution in [3.63, 3.8) is 0 Å². The van der Waals surface area contributed by atoms with E-state index in [0.717, 1.165) is 29.9 Å². The van der Waals surface area contributed by atoms with Crippen LogP contribution in [0.2, 0.25) is 0 Å². The number of anilines is 1. The number of morpholine rings is 1. The average molecular weight is 244 g/mol. The molecule has 1 unspecified atom stereocenters. The quantitative estimate of drug-likeness (QED) is 0.846. The largest absolute Gasteiger partial charge is 0.377 e. The first-order chi connectivity index (χ1) is 8.90. The Labute approximate surface area is 106 Å². The molecule has 0 spiro atoms. The van der Waals surface area contributed by atoms with Gasteiger partial charge in [0.05, 0.1) is 24.8 Å². The van der Waals surface area contributed by atoms with Crippen molar-refractivity contribution in [2.24, 2.45) is 5.73 Å². The van der Waals surface area contributed by atoms with E-state index < -0.39 is 0 Å². The monoisotopic (exact) mass is 244 g/mol. The molecule has 94 valence electrons. The van der Waals surface area contributed by atoms with Crippen molar-refractivity contribution in [3.8, 4) is 0 Å². The Hall–Kier alpha value is -1.72. The van der Waals surface area contributed by atoms with Crippen LogP contribution in [0.25, 0.3) is 10.9 Å². The Morgan fingerprint density at radius 1 is 1.33 bits per heavy atom. The number of fused-ring (bicyclic) bond motifs is 1. The number of benzene rings is 1. The average Bonchev–Trinajstić information content (AvgIpc) is 2.46. The molecule has 18 heavy (non-hydrogen) atoms. The number of hydrogen-bond acceptors (Lipinski definition) is 5. The van der Waals surface area contributed by atoms with E-state index in [0.29, 0.717) is 13.2 Å². The number of para-hydroxylation sites is 1. The lowest BCUT2D eigenvalue weighted by Crippen LogP contribution is -2.50. The molecule has 2 heterocycles. The number of aromatic nitrogens is 2. The van der Waals surface area contributed by atoms with Crippen LogP contribution in [0.3, 0.4) is 0 Å². The lowest BCUT2D eigenvalue weighted by Gasteiger charge is -2.36. The zero-order valence-corrected chi connectivity index (χ0v) is 10.1. The molecule has 2 N–H and O–H groups in total. The maximum Gasteiger partial charge on any atom is 0.140 e. The van der Waals surface area contributed by atoms with Crippen LogP contribution in [0.5, 0.6) is 0 Å². The van der Waals surface area contributed by atoms with Crippen molar-refractivity contribution >= 4 is 16.7 Å². The van der Waals surface area contributed by atoms with Gasteiger partial charge in [0.25, 0.3) is 0 Å². The van der Waals surface area contributed by atoms with Gasteiger partial charge in [-0.2, -0.15) is 0 Å². The van der Waals surface area contributed by atoms with E-state index in [1.165, 1.54) is 0 Å². The van der Waals surface area contributed by atoms with Gasteiger partial charge in [-0.1, -0.05) is 12.1 Å². The molecule has 0 saturated carbocycles. The summed E-state index contributed by atoms with van der Waals surface area (Å²) in [7, 11) is 0. The fourth-order valence-corrected chi connectivity index (χ4v) is 2.35. The highest BCUT2D eigenvalue weighted by Crippen LogP contribution is 2.25. The van der Waals surface area contributed by atoms with Gasteiger partial charge in [0.2, 0.25) is 0 Å². The van der Waals surface area contributed by atoms with E-state index in [-0.39, 0.29) is 6.04 Å². The van der Waals surface area contributed by atoms with Crippen molar-refractivity contribution in [2.45, 2.75) is 6.04 Å². The molecule has 1 aliphatic rings. The SMILES string of the molecule is NCC1COCCN1c1ncnc2ccccc12. The van der Waals surface area contributed by atoms with Crippen molar-refractivity contribution < 1.29 is 4.74 Å². The van der Waals surface area contributed by atoms with Gasteiger partial charge in [0.15, 0.2) is 0 Å². The lowest BCUT2D eigenvalue weighted by molar-refractivity contribution is 0.0960. The van der Waals surface area contributed by atoms with Crippen LogP contribution >= 0.6 is 0 Å². The van der Waals surface area contributed by atoms with Crippen LogP contribution in [0.15, 0.2) is 30.6 Å².